The Balaban J connectivity index is 3.49. The Morgan fingerprint density at radius 2 is 2.43 bits per heavy atom. The summed E-state index contributed by atoms with van der Waals surface area (Å²) in [5.74, 6) is 0. The number of hydrogen-bond acceptors (Lipinski definition) is 3. The van der Waals surface area contributed by atoms with Crippen LogP contribution in [0.2, 0.25) is 0 Å². The zero-order chi connectivity index (χ0) is 5.70. The highest BCUT2D eigenvalue weighted by atomic mass is 16.3. The summed E-state index contributed by atoms with van der Waals surface area (Å²) in [5.41, 5.74) is 6.62. The van der Waals surface area contributed by atoms with E-state index in [0.29, 0.717) is 5.71 Å². The van der Waals surface area contributed by atoms with E-state index in [4.69, 9.17) is 10.6 Å². The highest BCUT2D eigenvalue weighted by molar-refractivity contribution is 5.82. The second-order valence-corrected chi connectivity index (χ2v) is 1.09. The molecule has 40 valence electrons. The third kappa shape index (κ3) is 3.05. The fraction of sp³-hybridized carbons (Fsp3) is 0.667. The smallest absolute Gasteiger partial charge is 0.0830 e. The molecule has 0 aromatic heterocycles. The summed E-state index contributed by atoms with van der Waals surface area (Å²) in [7, 11) is 0. The van der Waals surface area contributed by atoms with Gasteiger partial charge in [-0.3, -0.25) is 0 Å². The van der Waals surface area contributed by atoms with Crippen molar-refractivity contribution in [2.45, 2.75) is 6.92 Å². The van der Waals surface area contributed by atoms with Gasteiger partial charge in [0, 0.05) is 0 Å². The van der Waals surface area contributed by atoms with Gasteiger partial charge in [-0.2, -0.15) is 5.53 Å². The number of aliphatic hydroxyl groups is 1. The second kappa shape index (κ2) is 3.42. The van der Waals surface area contributed by atoms with Crippen LogP contribution in [-0.4, -0.2) is 17.4 Å². The zero-order valence-corrected chi connectivity index (χ0v) is 4.05. The Bertz CT molecular complexity index is 88.2. The summed E-state index contributed by atoms with van der Waals surface area (Å²) in [6.07, 6.45) is 0. The molecule has 0 aromatic rings. The first kappa shape index (κ1) is 6.23. The van der Waals surface area contributed by atoms with Crippen molar-refractivity contribution in [3.8, 4) is 0 Å². The molecule has 0 bridgehead atoms. The number of nitrogens with one attached hydrogen (secondary N) is 1. The van der Waals surface area contributed by atoms with Crippen LogP contribution in [0.15, 0.2) is 10.3 Å². The molecule has 0 fully saturated rings. The minimum absolute atomic E-state index is 0.123. The lowest BCUT2D eigenvalue weighted by atomic mass is 10.5. The molecule has 0 aromatic carbocycles. The molecule has 4 heteroatoms. The zero-order valence-electron chi connectivity index (χ0n) is 4.05. The molecule has 0 aliphatic heterocycles. The maximum atomic E-state index is 8.19. The van der Waals surface area contributed by atoms with Crippen molar-refractivity contribution >= 4 is 5.71 Å². The van der Waals surface area contributed by atoms with E-state index in [1.165, 1.54) is 0 Å². The SMILES string of the molecule is C/C(CO)=N\N=N. The maximum absolute atomic E-state index is 8.19. The van der Waals surface area contributed by atoms with Crippen molar-refractivity contribution < 1.29 is 5.11 Å². The summed E-state index contributed by atoms with van der Waals surface area (Å²) in [6, 6.07) is 0. The molecule has 0 aliphatic rings. The van der Waals surface area contributed by atoms with Crippen LogP contribution in [0.25, 0.3) is 0 Å². The standard InChI is InChI=1S/C3H7N3O/c1-3(2-7)5-6-4/h4,7H,2H2,1H3/b5-3+,6-4?. The van der Waals surface area contributed by atoms with E-state index in [1.54, 1.807) is 6.92 Å². The van der Waals surface area contributed by atoms with Gasteiger partial charge in [-0.25, -0.2) is 0 Å². The third-order valence-corrected chi connectivity index (χ3v) is 0.450. The molecule has 0 atom stereocenters. The Labute approximate surface area is 41.4 Å². The Morgan fingerprint density at radius 3 is 2.57 bits per heavy atom. The Kier molecular flexibility index (Phi) is 3.04. The molecule has 0 heterocycles. The average Bonchev–Trinajstić information content (AvgIpc) is 1.68. The molecule has 0 rings (SSSR count). The molecule has 0 spiro atoms. The van der Waals surface area contributed by atoms with Crippen molar-refractivity contribution in [2.24, 2.45) is 10.3 Å². The van der Waals surface area contributed by atoms with Gasteiger partial charge >= 0.3 is 0 Å². The summed E-state index contributed by atoms with van der Waals surface area (Å²) in [4.78, 5) is 0. The predicted octanol–water partition coefficient (Wildman–Crippen LogP) is 0.386. The van der Waals surface area contributed by atoms with Crippen molar-refractivity contribution in [2.75, 3.05) is 6.61 Å². The molecular weight excluding hydrogens is 94.1 g/mol. The lowest BCUT2D eigenvalue weighted by Crippen LogP contribution is -1.95. The van der Waals surface area contributed by atoms with E-state index in [1.807, 2.05) is 0 Å². The lowest BCUT2D eigenvalue weighted by Gasteiger charge is -1.82. The van der Waals surface area contributed by atoms with Gasteiger partial charge in [0.25, 0.3) is 0 Å². The molecule has 0 amide bonds. The second-order valence-electron chi connectivity index (χ2n) is 1.09. The average molecular weight is 101 g/mol. The van der Waals surface area contributed by atoms with E-state index in [2.05, 4.69) is 10.3 Å². The largest absolute Gasteiger partial charge is 0.390 e. The number of nitrogens with zero attached hydrogens (tertiary/aromatic N) is 2. The first-order valence-electron chi connectivity index (χ1n) is 1.82. The van der Waals surface area contributed by atoms with Gasteiger partial charge in [0.05, 0.1) is 12.3 Å². The van der Waals surface area contributed by atoms with Gasteiger partial charge in [-0.15, -0.1) is 5.10 Å². The topological polar surface area (TPSA) is 68.8 Å². The van der Waals surface area contributed by atoms with Crippen molar-refractivity contribution in [1.29, 1.82) is 5.53 Å². The van der Waals surface area contributed by atoms with E-state index in [-0.39, 0.29) is 6.61 Å². The monoisotopic (exact) mass is 101 g/mol. The Hall–Kier alpha value is -0.770. The van der Waals surface area contributed by atoms with Gasteiger partial charge in [0.15, 0.2) is 0 Å². The number of hydrogen-bond donors (Lipinski definition) is 2. The minimum atomic E-state index is -0.123. The molecular formula is C3H7N3O. The quantitative estimate of drug-likeness (QED) is 0.295. The normalized spacial score (nSPS) is 11.4. The summed E-state index contributed by atoms with van der Waals surface area (Å²) < 4.78 is 0. The van der Waals surface area contributed by atoms with Gasteiger partial charge in [-0.1, -0.05) is 5.22 Å². The molecule has 4 nitrogen and oxygen atoms in total. The van der Waals surface area contributed by atoms with Gasteiger partial charge < -0.3 is 5.11 Å². The number of aliphatic hydroxyl groups excluding tert-OH is 1. The van der Waals surface area contributed by atoms with E-state index >= 15 is 0 Å². The van der Waals surface area contributed by atoms with Gasteiger partial charge in [0.2, 0.25) is 0 Å². The van der Waals surface area contributed by atoms with E-state index in [9.17, 15) is 0 Å². The van der Waals surface area contributed by atoms with Crippen LogP contribution in [0.3, 0.4) is 0 Å². The van der Waals surface area contributed by atoms with E-state index in [0.717, 1.165) is 0 Å². The molecule has 2 N–H and O–H groups in total. The van der Waals surface area contributed by atoms with Crippen LogP contribution in [0.1, 0.15) is 6.92 Å². The molecule has 7 heavy (non-hydrogen) atoms. The summed E-state index contributed by atoms with van der Waals surface area (Å²) in [6.45, 7) is 1.47. The first-order valence-corrected chi connectivity index (χ1v) is 1.82. The lowest BCUT2D eigenvalue weighted by molar-refractivity contribution is 0.356. The van der Waals surface area contributed by atoms with Crippen LogP contribution < -0.4 is 0 Å². The van der Waals surface area contributed by atoms with Crippen molar-refractivity contribution in [3.63, 3.8) is 0 Å². The maximum Gasteiger partial charge on any atom is 0.0830 e. The summed E-state index contributed by atoms with van der Waals surface area (Å²) in [5, 5.41) is 14.1. The van der Waals surface area contributed by atoms with E-state index < -0.39 is 0 Å². The third-order valence-electron chi connectivity index (χ3n) is 0.450. The van der Waals surface area contributed by atoms with Crippen LogP contribution >= 0.6 is 0 Å². The molecule has 0 unspecified atom stereocenters. The summed E-state index contributed by atoms with van der Waals surface area (Å²) >= 11 is 0. The first-order chi connectivity index (χ1) is 3.31. The highest BCUT2D eigenvalue weighted by Gasteiger charge is 1.80. The molecule has 0 aliphatic carbocycles. The minimum Gasteiger partial charge on any atom is -0.390 e. The van der Waals surface area contributed by atoms with Crippen LogP contribution in [-0.2, 0) is 0 Å². The number of rotatable bonds is 2. The molecule has 0 saturated carbocycles. The fourth-order valence-electron chi connectivity index (χ4n) is 0.117. The highest BCUT2D eigenvalue weighted by Crippen LogP contribution is 1.73. The molecule has 0 radical (unpaired) electrons. The van der Waals surface area contributed by atoms with Crippen LogP contribution in [0, 0.1) is 5.53 Å². The molecule has 0 saturated heterocycles. The predicted molar refractivity (Wildman–Crippen MR) is 25.3 cm³/mol. The van der Waals surface area contributed by atoms with Crippen molar-refractivity contribution in [1.82, 2.24) is 0 Å². The van der Waals surface area contributed by atoms with Crippen LogP contribution in [0.5, 0.6) is 0 Å². The van der Waals surface area contributed by atoms with Gasteiger partial charge in [-0.05, 0) is 6.92 Å². The Morgan fingerprint density at radius 1 is 1.86 bits per heavy atom. The van der Waals surface area contributed by atoms with Gasteiger partial charge in [0.1, 0.15) is 0 Å². The van der Waals surface area contributed by atoms with Crippen LogP contribution in [0.4, 0.5) is 0 Å². The fourth-order valence-corrected chi connectivity index (χ4v) is 0.117. The van der Waals surface area contributed by atoms with Crippen molar-refractivity contribution in [3.05, 3.63) is 0 Å².